The van der Waals surface area contributed by atoms with E-state index in [9.17, 15) is 4.79 Å². The molecule has 120 valence electrons. The van der Waals surface area contributed by atoms with Gasteiger partial charge in [-0.1, -0.05) is 47.5 Å². The van der Waals surface area contributed by atoms with E-state index in [1.807, 2.05) is 41.3 Å². The van der Waals surface area contributed by atoms with Gasteiger partial charge in [-0.05, 0) is 42.2 Å². The van der Waals surface area contributed by atoms with Gasteiger partial charge in [-0.2, -0.15) is 0 Å². The quantitative estimate of drug-likeness (QED) is 0.741. The average molecular weight is 366 g/mol. The molecule has 0 radical (unpaired) electrons. The summed E-state index contributed by atoms with van der Waals surface area (Å²) >= 11 is 13.9. The van der Waals surface area contributed by atoms with Crippen molar-refractivity contribution in [3.8, 4) is 0 Å². The smallest absolute Gasteiger partial charge is 0.236 e. The predicted molar refractivity (Wildman–Crippen MR) is 99.7 cm³/mol. The average Bonchev–Trinajstić information content (AvgIpc) is 2.57. The van der Waals surface area contributed by atoms with Crippen molar-refractivity contribution in [1.29, 1.82) is 0 Å². The van der Waals surface area contributed by atoms with Crippen LogP contribution in [0, 0.1) is 0 Å². The first-order valence-electron chi connectivity index (χ1n) is 7.55. The van der Waals surface area contributed by atoms with Crippen LogP contribution in [0.1, 0.15) is 17.5 Å². The van der Waals surface area contributed by atoms with E-state index in [4.69, 9.17) is 23.2 Å². The molecule has 0 atom stereocenters. The number of carbonyl (C=O) groups is 1. The maximum Gasteiger partial charge on any atom is 0.236 e. The normalized spacial score (nSPS) is 13.7. The first-order chi connectivity index (χ1) is 11.2. The monoisotopic (exact) mass is 365 g/mol. The van der Waals surface area contributed by atoms with Gasteiger partial charge in [0.1, 0.15) is 0 Å². The molecule has 5 heteroatoms. The third-order valence-electron chi connectivity index (χ3n) is 3.94. The molecular formula is C18H17Cl2NOS. The van der Waals surface area contributed by atoms with Crippen molar-refractivity contribution < 1.29 is 4.79 Å². The van der Waals surface area contributed by atoms with Crippen LogP contribution in [-0.4, -0.2) is 18.2 Å². The first-order valence-corrected chi connectivity index (χ1v) is 9.47. The number of anilines is 1. The molecule has 0 aliphatic carbocycles. The van der Waals surface area contributed by atoms with Crippen LogP contribution in [0.2, 0.25) is 10.0 Å². The molecule has 2 aromatic rings. The molecule has 0 N–H and O–H groups in total. The predicted octanol–water partition coefficient (Wildman–Crippen LogP) is 5.21. The molecule has 1 aliphatic rings. The number of rotatable bonds is 4. The number of fused-ring (bicyclic) bond motifs is 1. The Hall–Kier alpha value is -1.16. The molecule has 23 heavy (non-hydrogen) atoms. The molecule has 3 rings (SSSR count). The summed E-state index contributed by atoms with van der Waals surface area (Å²) in [7, 11) is 0. The zero-order chi connectivity index (χ0) is 16.2. The van der Waals surface area contributed by atoms with E-state index >= 15 is 0 Å². The number of hydrogen-bond donors (Lipinski definition) is 0. The van der Waals surface area contributed by atoms with E-state index in [2.05, 4.69) is 6.07 Å². The molecule has 1 heterocycles. The Morgan fingerprint density at radius 3 is 2.61 bits per heavy atom. The molecule has 0 fully saturated rings. The number of nitrogens with zero attached hydrogens (tertiary/aromatic N) is 1. The summed E-state index contributed by atoms with van der Waals surface area (Å²) in [4.78, 5) is 14.5. The lowest BCUT2D eigenvalue weighted by molar-refractivity contribution is -0.116. The molecule has 0 unspecified atom stereocenters. The summed E-state index contributed by atoms with van der Waals surface area (Å²) in [6, 6.07) is 13.6. The number of halogens is 2. The van der Waals surface area contributed by atoms with Gasteiger partial charge < -0.3 is 4.90 Å². The lowest BCUT2D eigenvalue weighted by Crippen LogP contribution is -2.36. The van der Waals surface area contributed by atoms with Crippen LogP contribution >= 0.6 is 35.0 Å². The van der Waals surface area contributed by atoms with Gasteiger partial charge in [0.2, 0.25) is 5.91 Å². The summed E-state index contributed by atoms with van der Waals surface area (Å²) in [6.07, 6.45) is 2.06. The molecule has 0 aromatic heterocycles. The van der Waals surface area contributed by atoms with E-state index < -0.39 is 0 Å². The highest BCUT2D eigenvalue weighted by atomic mass is 35.5. The van der Waals surface area contributed by atoms with Crippen LogP contribution in [0.3, 0.4) is 0 Å². The number of para-hydroxylation sites is 1. The molecule has 2 aromatic carbocycles. The van der Waals surface area contributed by atoms with Crippen molar-refractivity contribution in [1.82, 2.24) is 0 Å². The third kappa shape index (κ3) is 3.85. The fourth-order valence-electron chi connectivity index (χ4n) is 2.78. The minimum Gasteiger partial charge on any atom is -0.311 e. The van der Waals surface area contributed by atoms with Gasteiger partial charge in [0.15, 0.2) is 0 Å². The second kappa shape index (κ2) is 7.61. The van der Waals surface area contributed by atoms with Gasteiger partial charge >= 0.3 is 0 Å². The minimum absolute atomic E-state index is 0.144. The van der Waals surface area contributed by atoms with Crippen LogP contribution < -0.4 is 4.90 Å². The topological polar surface area (TPSA) is 20.3 Å². The van der Waals surface area contributed by atoms with Gasteiger partial charge in [0.25, 0.3) is 0 Å². The zero-order valence-electron chi connectivity index (χ0n) is 12.6. The number of hydrogen-bond acceptors (Lipinski definition) is 2. The van der Waals surface area contributed by atoms with Crippen molar-refractivity contribution in [2.75, 3.05) is 17.2 Å². The van der Waals surface area contributed by atoms with Gasteiger partial charge in [-0.15, -0.1) is 11.8 Å². The molecule has 0 bridgehead atoms. The molecule has 0 saturated heterocycles. The second-order valence-electron chi connectivity index (χ2n) is 5.47. The Kier molecular flexibility index (Phi) is 5.52. The maximum atomic E-state index is 12.6. The zero-order valence-corrected chi connectivity index (χ0v) is 14.9. The largest absolute Gasteiger partial charge is 0.311 e. The van der Waals surface area contributed by atoms with Crippen LogP contribution in [0.5, 0.6) is 0 Å². The molecule has 0 spiro atoms. The van der Waals surface area contributed by atoms with E-state index in [0.29, 0.717) is 21.6 Å². The van der Waals surface area contributed by atoms with E-state index in [0.717, 1.165) is 30.6 Å². The van der Waals surface area contributed by atoms with Gasteiger partial charge in [0, 0.05) is 28.0 Å². The first kappa shape index (κ1) is 16.7. The van der Waals surface area contributed by atoms with Crippen LogP contribution in [0.15, 0.2) is 42.5 Å². The Bertz CT molecular complexity index is 700. The fraction of sp³-hybridized carbons (Fsp3) is 0.278. The fourth-order valence-corrected chi connectivity index (χ4v) is 4.42. The molecule has 2 nitrogen and oxygen atoms in total. The Labute approximate surface area is 150 Å². The number of aryl methyl sites for hydroxylation is 1. The van der Waals surface area contributed by atoms with Crippen molar-refractivity contribution in [2.24, 2.45) is 0 Å². The summed E-state index contributed by atoms with van der Waals surface area (Å²) in [6.45, 7) is 0.795. The van der Waals surface area contributed by atoms with Crippen molar-refractivity contribution in [3.05, 3.63) is 63.6 Å². The second-order valence-corrected chi connectivity index (χ2v) is 7.27. The van der Waals surface area contributed by atoms with Gasteiger partial charge in [0.05, 0.1) is 5.75 Å². The van der Waals surface area contributed by atoms with E-state index in [-0.39, 0.29) is 5.91 Å². The molecule has 0 saturated carbocycles. The number of amides is 1. The molecular weight excluding hydrogens is 349 g/mol. The Balaban J connectivity index is 1.63. The van der Waals surface area contributed by atoms with E-state index in [1.165, 1.54) is 5.56 Å². The van der Waals surface area contributed by atoms with Crippen LogP contribution in [0.4, 0.5) is 5.69 Å². The van der Waals surface area contributed by atoms with Crippen molar-refractivity contribution >= 4 is 46.6 Å². The van der Waals surface area contributed by atoms with Crippen molar-refractivity contribution in [2.45, 2.75) is 18.6 Å². The van der Waals surface area contributed by atoms with Gasteiger partial charge in [-0.3, -0.25) is 4.79 Å². The third-order valence-corrected chi connectivity index (χ3v) is 5.60. The highest BCUT2D eigenvalue weighted by molar-refractivity contribution is 7.99. The SMILES string of the molecule is O=C(CSCc1c(Cl)cccc1Cl)N1CCCc2ccccc21. The lowest BCUT2D eigenvalue weighted by Gasteiger charge is -2.29. The summed E-state index contributed by atoms with van der Waals surface area (Å²) in [5.74, 6) is 1.21. The summed E-state index contributed by atoms with van der Waals surface area (Å²) in [5.41, 5.74) is 3.21. The molecule has 1 amide bonds. The van der Waals surface area contributed by atoms with Crippen LogP contribution in [-0.2, 0) is 17.0 Å². The summed E-state index contributed by atoms with van der Waals surface area (Å²) in [5, 5.41) is 1.31. The van der Waals surface area contributed by atoms with E-state index in [1.54, 1.807) is 11.8 Å². The maximum absolute atomic E-state index is 12.6. The standard InChI is InChI=1S/C18H17Cl2NOS/c19-15-7-3-8-16(20)14(15)11-23-12-18(22)21-10-4-6-13-5-1-2-9-17(13)21/h1-3,5,7-9H,4,6,10-12H2. The van der Waals surface area contributed by atoms with Crippen LogP contribution in [0.25, 0.3) is 0 Å². The van der Waals surface area contributed by atoms with Gasteiger partial charge in [-0.25, -0.2) is 0 Å². The highest BCUT2D eigenvalue weighted by Gasteiger charge is 2.21. The molecule has 1 aliphatic heterocycles. The van der Waals surface area contributed by atoms with Crippen molar-refractivity contribution in [3.63, 3.8) is 0 Å². The number of benzene rings is 2. The number of carbonyl (C=O) groups excluding carboxylic acids is 1. The number of thioether (sulfide) groups is 1. The Morgan fingerprint density at radius 1 is 1.09 bits per heavy atom. The highest BCUT2D eigenvalue weighted by Crippen LogP contribution is 2.30. The lowest BCUT2D eigenvalue weighted by atomic mass is 10.0. The minimum atomic E-state index is 0.144. The summed E-state index contributed by atoms with van der Waals surface area (Å²) < 4.78 is 0. The Morgan fingerprint density at radius 2 is 1.83 bits per heavy atom.